The van der Waals surface area contributed by atoms with Gasteiger partial charge in [0.1, 0.15) is 0 Å². The Labute approximate surface area is 360 Å². The van der Waals surface area contributed by atoms with Gasteiger partial charge in [-0.3, -0.25) is 0 Å². The Morgan fingerprint density at radius 1 is 0.541 bits per heavy atom. The first kappa shape index (κ1) is 37.0. The first-order valence-corrected chi connectivity index (χ1v) is 22.1. The van der Waals surface area contributed by atoms with Crippen LogP contribution in [0, 0.1) is 0 Å². The van der Waals surface area contributed by atoms with Crippen LogP contribution in [0.2, 0.25) is 0 Å². The van der Waals surface area contributed by atoms with Crippen LogP contribution in [0.3, 0.4) is 0 Å². The standard InChI is InChI=1S/C53H34N4S.C3H8/c1-3-16-35(17-4-1)51-54-52(36-18-5-2-6-19-36)56-53(55-51)37-20-11-21-38(32-37)57-45-30-28-33-14-7-9-22-39(33)47(45)43-26-12-24-41(49(43)57)42-25-13-27-44-48-40-23-10-8-15-34(40)29-31-46(48)58-50(42)44;1-3-2/h1-32,42,50H;3H2,1-2H3. The van der Waals surface area contributed by atoms with Crippen molar-refractivity contribution in [1.82, 2.24) is 19.5 Å². The molecule has 1 aliphatic heterocycles. The molecule has 2 aliphatic rings. The van der Waals surface area contributed by atoms with Crippen LogP contribution < -0.4 is 0 Å². The van der Waals surface area contributed by atoms with E-state index >= 15 is 0 Å². The summed E-state index contributed by atoms with van der Waals surface area (Å²) in [6, 6.07) is 62.7. The molecule has 10 aromatic rings. The average molecular weight is 803 g/mol. The van der Waals surface area contributed by atoms with Gasteiger partial charge in [0.15, 0.2) is 17.5 Å². The number of aromatic nitrogens is 4. The van der Waals surface area contributed by atoms with Crippen molar-refractivity contribution in [3.8, 4) is 39.9 Å². The van der Waals surface area contributed by atoms with Gasteiger partial charge in [-0.15, -0.1) is 11.8 Å². The predicted molar refractivity (Wildman–Crippen MR) is 257 cm³/mol. The van der Waals surface area contributed by atoms with E-state index in [4.69, 9.17) is 15.0 Å². The summed E-state index contributed by atoms with van der Waals surface area (Å²) < 4.78 is 2.49. The molecular weight excluding hydrogens is 761 g/mol. The Hall–Kier alpha value is -7.08. The second kappa shape index (κ2) is 15.5. The highest BCUT2D eigenvalue weighted by Crippen LogP contribution is 2.55. The SMILES string of the molecule is C1=CC(c2cccc3c4c5ccccc5ccc4n(-c4cccc(-c5nc(-c6ccccc6)nc(-c6ccccc6)n5)c4)c23)C2Sc3ccc4ccccc4c3C2=C1.CCC. The number of hydrogen-bond acceptors (Lipinski definition) is 4. The third kappa shape index (κ3) is 6.36. The van der Waals surface area contributed by atoms with Gasteiger partial charge in [0.2, 0.25) is 0 Å². The van der Waals surface area contributed by atoms with Crippen LogP contribution in [0.1, 0.15) is 37.3 Å². The number of hydrogen-bond donors (Lipinski definition) is 0. The molecule has 0 N–H and O–H groups in total. The summed E-state index contributed by atoms with van der Waals surface area (Å²) in [7, 11) is 0. The van der Waals surface area contributed by atoms with Crippen LogP contribution in [-0.2, 0) is 0 Å². The van der Waals surface area contributed by atoms with Crippen molar-refractivity contribution in [2.24, 2.45) is 0 Å². The van der Waals surface area contributed by atoms with Crippen LogP contribution in [0.5, 0.6) is 0 Å². The molecule has 0 radical (unpaired) electrons. The molecular formula is C56H42N4S. The van der Waals surface area contributed by atoms with Crippen molar-refractivity contribution in [2.45, 2.75) is 36.3 Å². The van der Waals surface area contributed by atoms with Gasteiger partial charge < -0.3 is 4.57 Å². The number of thioether (sulfide) groups is 1. The predicted octanol–water partition coefficient (Wildman–Crippen LogP) is 14.9. The summed E-state index contributed by atoms with van der Waals surface area (Å²) in [6.45, 7) is 4.25. The highest BCUT2D eigenvalue weighted by Gasteiger charge is 2.37. The minimum absolute atomic E-state index is 0.155. The molecule has 2 unspecified atom stereocenters. The molecule has 61 heavy (non-hydrogen) atoms. The van der Waals surface area contributed by atoms with Gasteiger partial charge in [-0.05, 0) is 56.9 Å². The molecule has 0 fully saturated rings. The van der Waals surface area contributed by atoms with Crippen LogP contribution in [0.25, 0.3) is 88.8 Å². The molecule has 292 valence electrons. The zero-order valence-corrected chi connectivity index (χ0v) is 34.9. The lowest BCUT2D eigenvalue weighted by Gasteiger charge is -2.26. The monoisotopic (exact) mass is 802 g/mol. The molecule has 0 saturated carbocycles. The maximum atomic E-state index is 5.11. The van der Waals surface area contributed by atoms with Gasteiger partial charge in [-0.2, -0.15) is 0 Å². The Kier molecular flexibility index (Phi) is 9.39. The average Bonchev–Trinajstić information content (AvgIpc) is 3.89. The number of para-hydroxylation sites is 1. The minimum atomic E-state index is 0.155. The lowest BCUT2D eigenvalue weighted by atomic mass is 9.83. The van der Waals surface area contributed by atoms with Gasteiger partial charge in [-0.1, -0.05) is 190 Å². The van der Waals surface area contributed by atoms with Crippen molar-refractivity contribution >= 4 is 60.7 Å². The highest BCUT2D eigenvalue weighted by atomic mass is 32.2. The van der Waals surface area contributed by atoms with Gasteiger partial charge in [0.05, 0.1) is 11.0 Å². The fraction of sp³-hybridized carbons (Fsp3) is 0.0893. The number of allylic oxidation sites excluding steroid dienone is 3. The molecule has 2 aromatic heterocycles. The van der Waals surface area contributed by atoms with Crippen molar-refractivity contribution in [2.75, 3.05) is 0 Å². The summed E-state index contributed by atoms with van der Waals surface area (Å²) in [6.07, 6.45) is 8.30. The Morgan fingerprint density at radius 3 is 1.84 bits per heavy atom. The van der Waals surface area contributed by atoms with Gasteiger partial charge in [-0.25, -0.2) is 15.0 Å². The fourth-order valence-corrected chi connectivity index (χ4v) is 10.7. The third-order valence-corrected chi connectivity index (χ3v) is 13.2. The van der Waals surface area contributed by atoms with E-state index in [2.05, 4.69) is 176 Å². The van der Waals surface area contributed by atoms with Crippen molar-refractivity contribution in [3.05, 3.63) is 205 Å². The summed E-state index contributed by atoms with van der Waals surface area (Å²) in [5.74, 6) is 2.09. The molecule has 5 heteroatoms. The maximum absolute atomic E-state index is 5.11. The molecule has 0 saturated heterocycles. The molecule has 0 spiro atoms. The van der Waals surface area contributed by atoms with E-state index in [0.717, 1.165) is 22.4 Å². The van der Waals surface area contributed by atoms with Gasteiger partial charge in [0, 0.05) is 54.8 Å². The van der Waals surface area contributed by atoms with Crippen LogP contribution in [0.15, 0.2) is 199 Å². The number of fused-ring (bicyclic) bond motifs is 10. The van der Waals surface area contributed by atoms with E-state index < -0.39 is 0 Å². The normalized spacial score (nSPS) is 15.4. The number of benzene rings is 8. The quantitative estimate of drug-likeness (QED) is 0.174. The van der Waals surface area contributed by atoms with E-state index in [1.54, 1.807) is 0 Å². The number of nitrogens with zero attached hydrogens (tertiary/aromatic N) is 4. The van der Waals surface area contributed by atoms with E-state index in [0.29, 0.717) is 17.5 Å². The minimum Gasteiger partial charge on any atom is -0.309 e. The summed E-state index contributed by atoms with van der Waals surface area (Å²) in [5.41, 5.74) is 10.4. The molecule has 0 bridgehead atoms. The first-order valence-electron chi connectivity index (χ1n) is 21.2. The topological polar surface area (TPSA) is 43.6 Å². The smallest absolute Gasteiger partial charge is 0.164 e. The van der Waals surface area contributed by atoms with Crippen molar-refractivity contribution in [1.29, 1.82) is 0 Å². The second-order valence-corrected chi connectivity index (χ2v) is 17.0. The van der Waals surface area contributed by atoms with Crippen LogP contribution in [-0.4, -0.2) is 24.8 Å². The number of rotatable bonds is 5. The lowest BCUT2D eigenvalue weighted by molar-refractivity contribution is 0.894. The molecule has 2 atom stereocenters. The largest absolute Gasteiger partial charge is 0.309 e. The lowest BCUT2D eigenvalue weighted by Crippen LogP contribution is -2.15. The Bertz CT molecular complexity index is 3290. The zero-order valence-electron chi connectivity index (χ0n) is 34.0. The molecule has 0 amide bonds. The van der Waals surface area contributed by atoms with Gasteiger partial charge in [0.25, 0.3) is 0 Å². The molecule has 4 nitrogen and oxygen atoms in total. The molecule has 1 aliphatic carbocycles. The summed E-state index contributed by atoms with van der Waals surface area (Å²) >= 11 is 2.00. The van der Waals surface area contributed by atoms with E-state index in [1.165, 1.54) is 71.4 Å². The maximum Gasteiger partial charge on any atom is 0.164 e. The van der Waals surface area contributed by atoms with Crippen molar-refractivity contribution in [3.63, 3.8) is 0 Å². The third-order valence-electron chi connectivity index (χ3n) is 11.8. The molecule has 12 rings (SSSR count). The second-order valence-electron chi connectivity index (χ2n) is 15.8. The first-order chi connectivity index (χ1) is 30.2. The zero-order chi connectivity index (χ0) is 40.9. The van der Waals surface area contributed by atoms with E-state index in [9.17, 15) is 0 Å². The summed E-state index contributed by atoms with van der Waals surface area (Å²) in [4.78, 5) is 16.5. The molecule has 3 heterocycles. The Morgan fingerprint density at radius 2 is 1.11 bits per heavy atom. The highest BCUT2D eigenvalue weighted by molar-refractivity contribution is 8.01. The van der Waals surface area contributed by atoms with Gasteiger partial charge >= 0.3 is 0 Å². The van der Waals surface area contributed by atoms with E-state index in [-0.39, 0.29) is 11.2 Å². The van der Waals surface area contributed by atoms with Crippen molar-refractivity contribution < 1.29 is 0 Å². The van der Waals surface area contributed by atoms with Crippen LogP contribution in [0.4, 0.5) is 0 Å². The summed E-state index contributed by atoms with van der Waals surface area (Å²) in [5, 5.41) is 7.87. The Balaban J connectivity index is 0.00000136. The fourth-order valence-electron chi connectivity index (χ4n) is 9.20. The van der Waals surface area contributed by atoms with E-state index in [1.807, 2.05) is 48.2 Å². The van der Waals surface area contributed by atoms with Crippen LogP contribution >= 0.6 is 11.8 Å². The molecule has 8 aromatic carbocycles.